The summed E-state index contributed by atoms with van der Waals surface area (Å²) in [7, 11) is -3.70. The molecule has 0 aliphatic heterocycles. The summed E-state index contributed by atoms with van der Waals surface area (Å²) in [5.74, 6) is -0.355. The van der Waals surface area contributed by atoms with E-state index in [1.807, 2.05) is 18.2 Å². The van der Waals surface area contributed by atoms with Crippen LogP contribution in [-0.2, 0) is 16.4 Å². The van der Waals surface area contributed by atoms with Gasteiger partial charge in [-0.2, -0.15) is 0 Å². The number of benzene rings is 2. The zero-order valence-corrected chi connectivity index (χ0v) is 17.7. The summed E-state index contributed by atoms with van der Waals surface area (Å²) in [6.07, 6.45) is 6.64. The Balaban J connectivity index is 1.53. The van der Waals surface area contributed by atoms with E-state index < -0.39 is 10.0 Å². The van der Waals surface area contributed by atoms with Gasteiger partial charge in [0, 0.05) is 6.04 Å². The summed E-state index contributed by atoms with van der Waals surface area (Å²) in [5.41, 5.74) is 2.53. The van der Waals surface area contributed by atoms with Gasteiger partial charge in [0.2, 0.25) is 10.0 Å². The van der Waals surface area contributed by atoms with E-state index in [4.69, 9.17) is 11.6 Å². The number of hydrogen-bond acceptors (Lipinski definition) is 3. The molecule has 7 heteroatoms. The van der Waals surface area contributed by atoms with E-state index in [1.165, 1.54) is 23.8 Å². The molecule has 1 fully saturated rings. The average Bonchev–Trinajstić information content (AvgIpc) is 3.11. The lowest BCUT2D eigenvalue weighted by molar-refractivity contribution is 0.0936. The molecule has 2 N–H and O–H groups in total. The summed E-state index contributed by atoms with van der Waals surface area (Å²) in [6.45, 7) is 0. The highest BCUT2D eigenvalue weighted by Gasteiger charge is 2.27. The van der Waals surface area contributed by atoms with Gasteiger partial charge in [-0.3, -0.25) is 4.79 Å². The summed E-state index contributed by atoms with van der Waals surface area (Å²) in [4.78, 5) is 13.0. The van der Waals surface area contributed by atoms with Crippen molar-refractivity contribution in [2.75, 3.05) is 0 Å². The number of aryl methyl sites for hydroxylation is 1. The number of sulfonamides is 1. The van der Waals surface area contributed by atoms with Crippen molar-refractivity contribution in [2.45, 2.75) is 61.9 Å². The summed E-state index contributed by atoms with van der Waals surface area (Å²) >= 11 is 6.24. The molecule has 4 rings (SSSR count). The Morgan fingerprint density at radius 2 is 1.76 bits per heavy atom. The molecule has 2 aliphatic rings. The molecular weight excluding hydrogens is 408 g/mol. The summed E-state index contributed by atoms with van der Waals surface area (Å²) in [5, 5.41) is 3.25. The highest BCUT2D eigenvalue weighted by molar-refractivity contribution is 7.89. The minimum Gasteiger partial charge on any atom is -0.345 e. The second-order valence-electron chi connectivity index (χ2n) is 7.86. The van der Waals surface area contributed by atoms with E-state index in [-0.39, 0.29) is 33.5 Å². The number of rotatable bonds is 5. The van der Waals surface area contributed by atoms with E-state index in [1.54, 1.807) is 0 Å². The molecule has 5 nitrogen and oxygen atoms in total. The third-order valence-corrected chi connectivity index (χ3v) is 7.71. The lowest BCUT2D eigenvalue weighted by Gasteiger charge is -2.22. The van der Waals surface area contributed by atoms with Crippen LogP contribution in [0.4, 0.5) is 0 Å². The van der Waals surface area contributed by atoms with Gasteiger partial charge in [-0.1, -0.05) is 55.1 Å². The van der Waals surface area contributed by atoms with Crippen LogP contribution in [0.2, 0.25) is 5.02 Å². The highest BCUT2D eigenvalue weighted by atomic mass is 35.5. The van der Waals surface area contributed by atoms with Gasteiger partial charge in [0.1, 0.15) is 0 Å². The average molecular weight is 433 g/mol. The third kappa shape index (κ3) is 4.49. The van der Waals surface area contributed by atoms with Crippen molar-refractivity contribution >= 4 is 27.5 Å². The fourth-order valence-electron chi connectivity index (χ4n) is 4.30. The number of carbonyl (C=O) groups is 1. The largest absolute Gasteiger partial charge is 0.345 e. The predicted octanol–water partition coefficient (Wildman–Crippen LogP) is 4.37. The first-order valence-electron chi connectivity index (χ1n) is 10.1. The van der Waals surface area contributed by atoms with Crippen LogP contribution in [0, 0.1) is 0 Å². The van der Waals surface area contributed by atoms with Gasteiger partial charge in [0.25, 0.3) is 5.91 Å². The van der Waals surface area contributed by atoms with Crippen molar-refractivity contribution in [1.29, 1.82) is 0 Å². The van der Waals surface area contributed by atoms with Gasteiger partial charge in [0.15, 0.2) is 0 Å². The molecule has 0 bridgehead atoms. The van der Waals surface area contributed by atoms with Gasteiger partial charge in [-0.05, 0) is 55.0 Å². The molecule has 0 spiro atoms. The monoisotopic (exact) mass is 432 g/mol. The zero-order chi connectivity index (χ0) is 20.4. The smallest absolute Gasteiger partial charge is 0.253 e. The van der Waals surface area contributed by atoms with E-state index in [2.05, 4.69) is 16.1 Å². The van der Waals surface area contributed by atoms with Crippen LogP contribution in [0.15, 0.2) is 47.4 Å². The molecule has 0 radical (unpaired) electrons. The minimum atomic E-state index is -3.70. The molecule has 1 atom stereocenters. The van der Waals surface area contributed by atoms with Crippen LogP contribution in [0.1, 0.15) is 66.1 Å². The van der Waals surface area contributed by atoms with Crippen LogP contribution in [0.5, 0.6) is 0 Å². The summed E-state index contributed by atoms with van der Waals surface area (Å²) < 4.78 is 28.4. The zero-order valence-electron chi connectivity index (χ0n) is 16.2. The van der Waals surface area contributed by atoms with Crippen LogP contribution in [-0.4, -0.2) is 20.4 Å². The number of carbonyl (C=O) groups excluding carboxylic acids is 1. The lowest BCUT2D eigenvalue weighted by atomic mass is 9.96. The van der Waals surface area contributed by atoms with Crippen LogP contribution < -0.4 is 10.0 Å². The minimum absolute atomic E-state index is 0.0447. The first kappa shape index (κ1) is 20.4. The third-order valence-electron chi connectivity index (χ3n) is 5.86. The molecule has 1 saturated carbocycles. The molecule has 1 unspecified atom stereocenters. The van der Waals surface area contributed by atoms with E-state index in [9.17, 15) is 13.2 Å². The van der Waals surface area contributed by atoms with Gasteiger partial charge >= 0.3 is 0 Å². The topological polar surface area (TPSA) is 75.3 Å². The molecule has 2 aromatic carbocycles. The standard InChI is InChI=1S/C22H25ClN2O3S/c23-20-12-11-17(29(27,28)25-16-7-2-1-3-8-16)14-19(20)22(26)24-21-13-10-15-6-4-5-9-18(15)21/h4-6,9,11-12,14,16,21,25H,1-3,7-8,10,13H2,(H,24,26). The number of halogens is 1. The Bertz CT molecular complexity index is 1020. The Hall–Kier alpha value is -1.89. The van der Waals surface area contributed by atoms with Crippen molar-refractivity contribution in [3.8, 4) is 0 Å². The van der Waals surface area contributed by atoms with E-state index >= 15 is 0 Å². The second-order valence-corrected chi connectivity index (χ2v) is 9.98. The van der Waals surface area contributed by atoms with Crippen molar-refractivity contribution < 1.29 is 13.2 Å². The van der Waals surface area contributed by atoms with Gasteiger partial charge < -0.3 is 5.32 Å². The Kier molecular flexibility index (Phi) is 5.95. The van der Waals surface area contributed by atoms with Gasteiger partial charge in [-0.25, -0.2) is 13.1 Å². The lowest BCUT2D eigenvalue weighted by Crippen LogP contribution is -2.36. The maximum absolute atomic E-state index is 12.9. The van der Waals surface area contributed by atoms with Gasteiger partial charge in [-0.15, -0.1) is 0 Å². The highest BCUT2D eigenvalue weighted by Crippen LogP contribution is 2.31. The van der Waals surface area contributed by atoms with Gasteiger partial charge in [0.05, 0.1) is 21.5 Å². The first-order chi connectivity index (χ1) is 13.9. The van der Waals surface area contributed by atoms with Crippen molar-refractivity contribution in [1.82, 2.24) is 10.0 Å². The Morgan fingerprint density at radius 3 is 2.55 bits per heavy atom. The van der Waals surface area contributed by atoms with Crippen LogP contribution >= 0.6 is 11.6 Å². The normalized spacial score (nSPS) is 19.7. The maximum atomic E-state index is 12.9. The molecule has 0 saturated heterocycles. The molecule has 1 amide bonds. The number of amides is 1. The predicted molar refractivity (Wildman–Crippen MR) is 114 cm³/mol. The van der Waals surface area contributed by atoms with Crippen LogP contribution in [0.3, 0.4) is 0 Å². The second kappa shape index (κ2) is 8.46. The first-order valence-corrected chi connectivity index (χ1v) is 12.0. The van der Waals surface area contributed by atoms with Crippen LogP contribution in [0.25, 0.3) is 0 Å². The number of hydrogen-bond donors (Lipinski definition) is 2. The fourth-order valence-corrected chi connectivity index (χ4v) is 5.83. The van der Waals surface area contributed by atoms with Crippen molar-refractivity contribution in [3.63, 3.8) is 0 Å². The molecule has 0 heterocycles. The number of nitrogens with one attached hydrogen (secondary N) is 2. The molecular formula is C22H25ClN2O3S. The molecule has 154 valence electrons. The van der Waals surface area contributed by atoms with E-state index in [0.29, 0.717) is 0 Å². The molecule has 0 aromatic heterocycles. The molecule has 2 aliphatic carbocycles. The van der Waals surface area contributed by atoms with Crippen molar-refractivity contribution in [3.05, 3.63) is 64.2 Å². The maximum Gasteiger partial charge on any atom is 0.253 e. The molecule has 2 aromatic rings. The Labute approximate surface area is 176 Å². The SMILES string of the molecule is O=C(NC1CCc2ccccc21)c1cc(S(=O)(=O)NC2CCCCC2)ccc1Cl. The van der Waals surface area contributed by atoms with Crippen molar-refractivity contribution in [2.24, 2.45) is 0 Å². The van der Waals surface area contributed by atoms with E-state index in [0.717, 1.165) is 50.5 Å². The number of fused-ring (bicyclic) bond motifs is 1. The summed E-state index contributed by atoms with van der Waals surface area (Å²) in [6, 6.07) is 12.2. The Morgan fingerprint density at radius 1 is 1.00 bits per heavy atom. The quantitative estimate of drug-likeness (QED) is 0.736. The molecule has 29 heavy (non-hydrogen) atoms. The fraction of sp³-hybridized carbons (Fsp3) is 0.409.